The standard InChI is InChI=1S/C17H19N5O2/c1-10-4-6-13(7-5-10)20-15(23)9-8-14-11(2)18-17-19-12(3)21-22(17)16(14)24/h4-7H,8-9H2,1-3H3,(H,20,23)(H,18,19,21). The number of aryl methyl sites for hydroxylation is 3. The van der Waals surface area contributed by atoms with Crippen molar-refractivity contribution in [2.75, 3.05) is 5.32 Å². The van der Waals surface area contributed by atoms with E-state index in [2.05, 4.69) is 20.4 Å². The van der Waals surface area contributed by atoms with Crippen molar-refractivity contribution >= 4 is 17.4 Å². The number of fused-ring (bicyclic) bond motifs is 1. The van der Waals surface area contributed by atoms with Crippen LogP contribution in [0.4, 0.5) is 5.69 Å². The fourth-order valence-electron chi connectivity index (χ4n) is 2.55. The molecular weight excluding hydrogens is 306 g/mol. The number of aromatic amines is 1. The van der Waals surface area contributed by atoms with E-state index in [0.717, 1.165) is 11.3 Å². The first kappa shape index (κ1) is 15.9. The van der Waals surface area contributed by atoms with Gasteiger partial charge in [0.25, 0.3) is 11.3 Å². The Morgan fingerprint density at radius 2 is 1.88 bits per heavy atom. The van der Waals surface area contributed by atoms with Gasteiger partial charge in [0.05, 0.1) is 5.69 Å². The number of carbonyl (C=O) groups excluding carboxylic acids is 1. The van der Waals surface area contributed by atoms with E-state index in [9.17, 15) is 9.59 Å². The van der Waals surface area contributed by atoms with Crippen molar-refractivity contribution in [1.29, 1.82) is 0 Å². The summed E-state index contributed by atoms with van der Waals surface area (Å²) in [5.41, 5.74) is 2.80. The number of nitrogens with one attached hydrogen (secondary N) is 2. The lowest BCUT2D eigenvalue weighted by Gasteiger charge is -2.07. The molecule has 0 atom stereocenters. The normalized spacial score (nSPS) is 11.0. The van der Waals surface area contributed by atoms with Crippen molar-refractivity contribution in [2.24, 2.45) is 0 Å². The van der Waals surface area contributed by atoms with E-state index in [1.54, 1.807) is 13.8 Å². The smallest absolute Gasteiger partial charge is 0.277 e. The summed E-state index contributed by atoms with van der Waals surface area (Å²) in [5.74, 6) is 0.833. The molecule has 0 bridgehead atoms. The van der Waals surface area contributed by atoms with E-state index >= 15 is 0 Å². The van der Waals surface area contributed by atoms with Crippen LogP contribution in [0.5, 0.6) is 0 Å². The van der Waals surface area contributed by atoms with Crippen molar-refractivity contribution in [3.63, 3.8) is 0 Å². The molecule has 3 aromatic rings. The lowest BCUT2D eigenvalue weighted by Crippen LogP contribution is -2.23. The van der Waals surface area contributed by atoms with E-state index in [4.69, 9.17) is 0 Å². The molecule has 7 heteroatoms. The molecule has 0 saturated heterocycles. The number of anilines is 1. The number of carbonyl (C=O) groups is 1. The number of hydrogen-bond donors (Lipinski definition) is 2. The summed E-state index contributed by atoms with van der Waals surface area (Å²) in [6, 6.07) is 7.58. The molecule has 0 fully saturated rings. The third-order valence-electron chi connectivity index (χ3n) is 3.84. The van der Waals surface area contributed by atoms with Crippen LogP contribution in [0, 0.1) is 20.8 Å². The average molecular weight is 325 g/mol. The van der Waals surface area contributed by atoms with Crippen molar-refractivity contribution in [2.45, 2.75) is 33.6 Å². The number of amides is 1. The number of rotatable bonds is 4. The maximum absolute atomic E-state index is 12.5. The molecule has 2 heterocycles. The Bertz CT molecular complexity index is 954. The van der Waals surface area contributed by atoms with Crippen LogP contribution < -0.4 is 10.9 Å². The van der Waals surface area contributed by atoms with Gasteiger partial charge in [-0.3, -0.25) is 14.7 Å². The highest BCUT2D eigenvalue weighted by Crippen LogP contribution is 2.10. The van der Waals surface area contributed by atoms with Gasteiger partial charge in [0.15, 0.2) is 0 Å². The van der Waals surface area contributed by atoms with Gasteiger partial charge in [-0.1, -0.05) is 17.7 Å². The molecule has 2 aromatic heterocycles. The molecule has 0 saturated carbocycles. The van der Waals surface area contributed by atoms with Crippen molar-refractivity contribution in [3.05, 3.63) is 57.3 Å². The fourth-order valence-corrected chi connectivity index (χ4v) is 2.55. The average Bonchev–Trinajstić information content (AvgIpc) is 2.90. The minimum absolute atomic E-state index is 0.136. The molecule has 7 nitrogen and oxygen atoms in total. The lowest BCUT2D eigenvalue weighted by atomic mass is 10.1. The number of benzene rings is 1. The second kappa shape index (κ2) is 6.27. The summed E-state index contributed by atoms with van der Waals surface area (Å²) >= 11 is 0. The number of H-pyrrole nitrogens is 1. The summed E-state index contributed by atoms with van der Waals surface area (Å²) in [4.78, 5) is 33.1. The molecule has 0 radical (unpaired) electrons. The molecule has 1 aromatic carbocycles. The van der Waals surface area contributed by atoms with Gasteiger partial charge in [-0.05, 0) is 39.3 Å². The van der Waals surface area contributed by atoms with Gasteiger partial charge in [0.1, 0.15) is 5.82 Å². The minimum atomic E-state index is -0.207. The Labute approximate surface area is 138 Å². The summed E-state index contributed by atoms with van der Waals surface area (Å²) in [5, 5.41) is 5.69. The second-order valence-electron chi connectivity index (χ2n) is 5.84. The summed E-state index contributed by atoms with van der Waals surface area (Å²) < 4.78 is 1.32. The van der Waals surface area contributed by atoms with Crippen LogP contribution in [0.15, 0.2) is 29.1 Å². The molecule has 3 rings (SSSR count). The highest BCUT2D eigenvalue weighted by Gasteiger charge is 2.13. The van der Waals surface area contributed by atoms with Crippen LogP contribution in [-0.4, -0.2) is 25.5 Å². The van der Waals surface area contributed by atoms with Crippen LogP contribution >= 0.6 is 0 Å². The third-order valence-corrected chi connectivity index (χ3v) is 3.84. The van der Waals surface area contributed by atoms with Gasteiger partial charge >= 0.3 is 0 Å². The topological polar surface area (TPSA) is 92.2 Å². The van der Waals surface area contributed by atoms with Gasteiger partial charge in [-0.2, -0.15) is 9.50 Å². The Morgan fingerprint density at radius 3 is 2.58 bits per heavy atom. The SMILES string of the molecule is Cc1ccc(NC(=O)CCc2c(C)nc3nc(C)[nH]n3c2=O)cc1. The Morgan fingerprint density at radius 1 is 1.17 bits per heavy atom. The zero-order chi connectivity index (χ0) is 17.3. The number of nitrogens with zero attached hydrogens (tertiary/aromatic N) is 3. The first-order chi connectivity index (χ1) is 11.4. The maximum atomic E-state index is 12.5. The van der Waals surface area contributed by atoms with E-state index in [1.165, 1.54) is 4.52 Å². The predicted octanol–water partition coefficient (Wildman–Crippen LogP) is 1.91. The highest BCUT2D eigenvalue weighted by atomic mass is 16.1. The Balaban J connectivity index is 1.74. The van der Waals surface area contributed by atoms with Crippen LogP contribution in [0.1, 0.15) is 29.1 Å². The van der Waals surface area contributed by atoms with Gasteiger partial charge in [-0.25, -0.2) is 4.98 Å². The summed E-state index contributed by atoms with van der Waals surface area (Å²) in [6.45, 7) is 5.51. The zero-order valence-electron chi connectivity index (χ0n) is 13.9. The Kier molecular flexibility index (Phi) is 4.16. The van der Waals surface area contributed by atoms with Gasteiger partial charge in [0, 0.05) is 17.7 Å². The molecule has 2 N–H and O–H groups in total. The molecule has 124 valence electrons. The van der Waals surface area contributed by atoms with Crippen molar-refractivity contribution in [1.82, 2.24) is 19.6 Å². The molecule has 0 aliphatic rings. The van der Waals surface area contributed by atoms with Crippen molar-refractivity contribution in [3.8, 4) is 0 Å². The maximum Gasteiger partial charge on any atom is 0.277 e. The van der Waals surface area contributed by atoms with Crippen LogP contribution in [0.3, 0.4) is 0 Å². The minimum Gasteiger partial charge on any atom is -0.326 e. The van der Waals surface area contributed by atoms with Crippen LogP contribution in [0.25, 0.3) is 5.78 Å². The fraction of sp³-hybridized carbons (Fsp3) is 0.294. The van der Waals surface area contributed by atoms with E-state index < -0.39 is 0 Å². The second-order valence-corrected chi connectivity index (χ2v) is 5.84. The van der Waals surface area contributed by atoms with Gasteiger partial charge < -0.3 is 5.32 Å². The molecule has 1 amide bonds. The molecule has 0 aliphatic heterocycles. The largest absolute Gasteiger partial charge is 0.326 e. The number of hydrogen-bond acceptors (Lipinski definition) is 4. The Hall–Kier alpha value is -2.96. The lowest BCUT2D eigenvalue weighted by molar-refractivity contribution is -0.116. The first-order valence-electron chi connectivity index (χ1n) is 7.75. The molecule has 24 heavy (non-hydrogen) atoms. The van der Waals surface area contributed by atoms with Crippen LogP contribution in [-0.2, 0) is 11.2 Å². The summed E-state index contributed by atoms with van der Waals surface area (Å²) in [7, 11) is 0. The van der Waals surface area contributed by atoms with E-state index in [0.29, 0.717) is 29.3 Å². The monoisotopic (exact) mass is 325 g/mol. The molecular formula is C17H19N5O2. The van der Waals surface area contributed by atoms with Gasteiger partial charge in [0.2, 0.25) is 5.91 Å². The quantitative estimate of drug-likeness (QED) is 0.766. The molecule has 0 aliphatic carbocycles. The predicted molar refractivity (Wildman–Crippen MR) is 91.2 cm³/mol. The van der Waals surface area contributed by atoms with E-state index in [1.807, 2.05) is 31.2 Å². The highest BCUT2D eigenvalue weighted by molar-refractivity contribution is 5.90. The van der Waals surface area contributed by atoms with Crippen LogP contribution in [0.2, 0.25) is 0 Å². The summed E-state index contributed by atoms with van der Waals surface area (Å²) in [6.07, 6.45) is 0.543. The molecule has 0 unspecified atom stereocenters. The molecule has 0 spiro atoms. The van der Waals surface area contributed by atoms with Crippen molar-refractivity contribution < 1.29 is 4.79 Å². The first-order valence-corrected chi connectivity index (χ1v) is 7.75. The number of aromatic nitrogens is 4. The van der Waals surface area contributed by atoms with Gasteiger partial charge in [-0.15, -0.1) is 0 Å². The van der Waals surface area contributed by atoms with E-state index in [-0.39, 0.29) is 17.9 Å². The third kappa shape index (κ3) is 3.19. The zero-order valence-corrected chi connectivity index (χ0v) is 13.9.